The molecule has 1 aromatic rings. The highest BCUT2D eigenvalue weighted by atomic mass is 32.2. The first-order valence-corrected chi connectivity index (χ1v) is 7.51. The second-order valence-electron chi connectivity index (χ2n) is 4.64. The Hall–Kier alpha value is -1.10. The number of anilines is 1. The quantitative estimate of drug-likeness (QED) is 0.826. The van der Waals surface area contributed by atoms with E-state index in [1.54, 1.807) is 26.0 Å². The molecule has 0 aliphatic carbocycles. The van der Waals surface area contributed by atoms with Crippen molar-refractivity contribution in [2.75, 3.05) is 18.0 Å². The molecule has 0 amide bonds. The highest BCUT2D eigenvalue weighted by molar-refractivity contribution is 7.92. The summed E-state index contributed by atoms with van der Waals surface area (Å²) in [5.74, 6) is 0.880. The van der Waals surface area contributed by atoms with Gasteiger partial charge in [-0.05, 0) is 38.8 Å². The maximum absolute atomic E-state index is 11.9. The summed E-state index contributed by atoms with van der Waals surface area (Å²) in [5.41, 5.74) is 0. The van der Waals surface area contributed by atoms with E-state index in [4.69, 9.17) is 0 Å². The molecule has 0 radical (unpaired) electrons. The second kappa shape index (κ2) is 4.64. The first kappa shape index (κ1) is 12.4. The lowest BCUT2D eigenvalue weighted by Gasteiger charge is -2.16. The average Bonchev–Trinajstić information content (AvgIpc) is 2.82. The van der Waals surface area contributed by atoms with E-state index in [-0.39, 0.29) is 0 Å². The topological polar surface area (TPSA) is 50.3 Å². The Labute approximate surface area is 103 Å². The van der Waals surface area contributed by atoms with Crippen LogP contribution in [-0.2, 0) is 9.84 Å². The summed E-state index contributed by atoms with van der Waals surface area (Å²) in [7, 11) is -3.20. The van der Waals surface area contributed by atoms with Gasteiger partial charge in [0.1, 0.15) is 5.82 Å². The summed E-state index contributed by atoms with van der Waals surface area (Å²) in [6, 6.07) is 3.47. The largest absolute Gasteiger partial charge is 0.357 e. The molecule has 4 nitrogen and oxygen atoms in total. The molecule has 1 saturated heterocycles. The van der Waals surface area contributed by atoms with Crippen LogP contribution in [0, 0.1) is 0 Å². The van der Waals surface area contributed by atoms with Crippen molar-refractivity contribution in [1.29, 1.82) is 0 Å². The summed E-state index contributed by atoms with van der Waals surface area (Å²) in [4.78, 5) is 6.76. The minimum Gasteiger partial charge on any atom is -0.357 e. The van der Waals surface area contributed by atoms with Crippen LogP contribution in [0.2, 0.25) is 0 Å². The third kappa shape index (κ3) is 2.44. The van der Waals surface area contributed by atoms with Gasteiger partial charge in [0.05, 0.1) is 10.1 Å². The predicted octanol–water partition coefficient (Wildman–Crippen LogP) is 1.86. The van der Waals surface area contributed by atoms with Gasteiger partial charge in [-0.15, -0.1) is 0 Å². The zero-order valence-electron chi connectivity index (χ0n) is 10.3. The predicted molar refractivity (Wildman–Crippen MR) is 68.0 cm³/mol. The molecule has 0 N–H and O–H groups in total. The molecule has 2 rings (SSSR count). The molecular weight excluding hydrogens is 236 g/mol. The number of hydrogen-bond acceptors (Lipinski definition) is 4. The highest BCUT2D eigenvalue weighted by Crippen LogP contribution is 2.20. The molecule has 0 spiro atoms. The Morgan fingerprint density at radius 2 is 1.88 bits per heavy atom. The summed E-state index contributed by atoms with van der Waals surface area (Å²) in [5, 5.41) is -0.401. The lowest BCUT2D eigenvalue weighted by molar-refractivity contribution is 0.587. The normalized spacial score (nSPS) is 16.8. The molecule has 5 heteroatoms. The average molecular weight is 254 g/mol. The van der Waals surface area contributed by atoms with Crippen LogP contribution < -0.4 is 4.90 Å². The minimum atomic E-state index is -3.20. The van der Waals surface area contributed by atoms with Gasteiger partial charge in [0.25, 0.3) is 0 Å². The molecule has 2 heterocycles. The molecule has 0 saturated carbocycles. The molecule has 17 heavy (non-hydrogen) atoms. The van der Waals surface area contributed by atoms with Gasteiger partial charge < -0.3 is 4.90 Å². The Morgan fingerprint density at radius 3 is 2.35 bits per heavy atom. The lowest BCUT2D eigenvalue weighted by atomic mass is 10.4. The molecule has 0 bridgehead atoms. The van der Waals surface area contributed by atoms with Gasteiger partial charge in [0, 0.05) is 19.3 Å². The lowest BCUT2D eigenvalue weighted by Crippen LogP contribution is -2.19. The van der Waals surface area contributed by atoms with Gasteiger partial charge >= 0.3 is 0 Å². The Kier molecular flexibility index (Phi) is 3.38. The van der Waals surface area contributed by atoms with Crippen molar-refractivity contribution in [2.24, 2.45) is 0 Å². The van der Waals surface area contributed by atoms with Crippen molar-refractivity contribution in [1.82, 2.24) is 4.98 Å². The van der Waals surface area contributed by atoms with E-state index in [9.17, 15) is 8.42 Å². The third-order valence-electron chi connectivity index (χ3n) is 3.10. The van der Waals surface area contributed by atoms with Crippen LogP contribution in [0.3, 0.4) is 0 Å². The van der Waals surface area contributed by atoms with Crippen LogP contribution in [0.15, 0.2) is 23.2 Å². The maximum Gasteiger partial charge on any atom is 0.182 e. The fourth-order valence-electron chi connectivity index (χ4n) is 1.95. The zero-order valence-corrected chi connectivity index (χ0v) is 11.1. The van der Waals surface area contributed by atoms with Gasteiger partial charge in [0.15, 0.2) is 9.84 Å². The number of pyridine rings is 1. The van der Waals surface area contributed by atoms with Crippen LogP contribution >= 0.6 is 0 Å². The van der Waals surface area contributed by atoms with E-state index in [2.05, 4.69) is 9.88 Å². The molecule has 94 valence electrons. The highest BCUT2D eigenvalue weighted by Gasteiger charge is 2.20. The molecule has 0 aromatic carbocycles. The molecular formula is C12H18N2O2S. The molecule has 0 atom stereocenters. The summed E-state index contributed by atoms with van der Waals surface area (Å²) in [6.45, 7) is 5.40. The van der Waals surface area contributed by atoms with Crippen molar-refractivity contribution in [3.05, 3.63) is 18.3 Å². The van der Waals surface area contributed by atoms with Crippen LogP contribution in [0.25, 0.3) is 0 Å². The van der Waals surface area contributed by atoms with Crippen LogP contribution in [0.1, 0.15) is 26.7 Å². The second-order valence-corrected chi connectivity index (χ2v) is 7.14. The van der Waals surface area contributed by atoms with E-state index >= 15 is 0 Å². The number of aromatic nitrogens is 1. The summed E-state index contributed by atoms with van der Waals surface area (Å²) >= 11 is 0. The third-order valence-corrected chi connectivity index (χ3v) is 5.24. The van der Waals surface area contributed by atoms with Crippen molar-refractivity contribution in [3.63, 3.8) is 0 Å². The number of sulfone groups is 1. The van der Waals surface area contributed by atoms with Crippen LogP contribution in [0.4, 0.5) is 5.82 Å². The first-order valence-electron chi connectivity index (χ1n) is 5.97. The monoisotopic (exact) mass is 254 g/mol. The van der Waals surface area contributed by atoms with Gasteiger partial charge in [-0.3, -0.25) is 0 Å². The smallest absolute Gasteiger partial charge is 0.182 e. The standard InChI is InChI=1S/C12H18N2O2S/c1-10(2)17(15,16)11-5-6-12(13-9-11)14-7-3-4-8-14/h5-6,9-10H,3-4,7-8H2,1-2H3. The number of rotatable bonds is 3. The molecule has 0 unspecified atom stereocenters. The SMILES string of the molecule is CC(C)S(=O)(=O)c1ccc(N2CCCC2)nc1. The number of nitrogens with zero attached hydrogens (tertiary/aromatic N) is 2. The first-order chi connectivity index (χ1) is 8.01. The van der Waals surface area contributed by atoms with E-state index in [0.717, 1.165) is 18.9 Å². The van der Waals surface area contributed by atoms with Crippen LogP contribution in [-0.4, -0.2) is 31.7 Å². The van der Waals surface area contributed by atoms with Crippen molar-refractivity contribution in [2.45, 2.75) is 36.8 Å². The van der Waals surface area contributed by atoms with E-state index in [1.165, 1.54) is 19.0 Å². The van der Waals surface area contributed by atoms with Crippen LogP contribution in [0.5, 0.6) is 0 Å². The Morgan fingerprint density at radius 1 is 1.24 bits per heavy atom. The van der Waals surface area contributed by atoms with Gasteiger partial charge in [0.2, 0.25) is 0 Å². The van der Waals surface area contributed by atoms with Crippen molar-refractivity contribution >= 4 is 15.7 Å². The fraction of sp³-hybridized carbons (Fsp3) is 0.583. The summed E-state index contributed by atoms with van der Waals surface area (Å²) in [6.07, 6.45) is 3.85. The van der Waals surface area contributed by atoms with Gasteiger partial charge in [-0.25, -0.2) is 13.4 Å². The number of hydrogen-bond donors (Lipinski definition) is 0. The minimum absolute atomic E-state index is 0.315. The van der Waals surface area contributed by atoms with Crippen molar-refractivity contribution in [3.8, 4) is 0 Å². The van der Waals surface area contributed by atoms with E-state index in [1.807, 2.05) is 0 Å². The zero-order chi connectivity index (χ0) is 12.5. The van der Waals surface area contributed by atoms with Gasteiger partial charge in [-0.1, -0.05) is 0 Å². The Bertz CT molecular complexity index is 474. The van der Waals surface area contributed by atoms with E-state index in [0.29, 0.717) is 4.90 Å². The molecule has 1 aromatic heterocycles. The molecule has 1 aliphatic rings. The van der Waals surface area contributed by atoms with Gasteiger partial charge in [-0.2, -0.15) is 0 Å². The maximum atomic E-state index is 11.9. The van der Waals surface area contributed by atoms with E-state index < -0.39 is 15.1 Å². The molecule has 1 aliphatic heterocycles. The van der Waals surface area contributed by atoms with Crippen molar-refractivity contribution < 1.29 is 8.42 Å². The molecule has 1 fully saturated rings. The fourth-order valence-corrected chi connectivity index (χ4v) is 2.95. The Balaban J connectivity index is 2.24. The summed E-state index contributed by atoms with van der Waals surface area (Å²) < 4.78 is 23.8.